The second-order valence-corrected chi connectivity index (χ2v) is 5.55. The fourth-order valence-corrected chi connectivity index (χ4v) is 2.16. The lowest BCUT2D eigenvalue weighted by Crippen LogP contribution is -2.03. The summed E-state index contributed by atoms with van der Waals surface area (Å²) in [5.74, 6) is 1.10. The third kappa shape index (κ3) is 3.97. The highest BCUT2D eigenvalue weighted by Crippen LogP contribution is 2.26. The van der Waals surface area contributed by atoms with E-state index < -0.39 is 0 Å². The smallest absolute Gasteiger partial charge is 0.0389 e. The molecule has 0 unspecified atom stereocenters. The van der Waals surface area contributed by atoms with Crippen LogP contribution in [0.2, 0.25) is 0 Å². The van der Waals surface area contributed by atoms with Crippen molar-refractivity contribution < 1.29 is 0 Å². The summed E-state index contributed by atoms with van der Waals surface area (Å²) in [5, 5.41) is 0. The standard InChI is InChI=1S/C17H27N/c1-6-7-11-18-12-17-15(13(2)3)9-8-10-16(17)14(4)5/h8-10,12-14H,6-7,11H2,1-5H3. The highest BCUT2D eigenvalue weighted by molar-refractivity contribution is 5.84. The second kappa shape index (κ2) is 7.35. The van der Waals surface area contributed by atoms with E-state index in [2.05, 4.69) is 64.0 Å². The van der Waals surface area contributed by atoms with Gasteiger partial charge >= 0.3 is 0 Å². The molecular weight excluding hydrogens is 218 g/mol. The van der Waals surface area contributed by atoms with Crippen molar-refractivity contribution in [2.45, 2.75) is 59.3 Å². The van der Waals surface area contributed by atoms with Crippen LogP contribution in [0.1, 0.15) is 76.0 Å². The minimum Gasteiger partial charge on any atom is -0.293 e. The predicted octanol–water partition coefficient (Wildman–Crippen LogP) is 5.15. The molecule has 0 atom stereocenters. The van der Waals surface area contributed by atoms with Crippen LogP contribution >= 0.6 is 0 Å². The summed E-state index contributed by atoms with van der Waals surface area (Å²) in [5.41, 5.74) is 4.18. The zero-order chi connectivity index (χ0) is 13.5. The van der Waals surface area contributed by atoms with E-state index in [4.69, 9.17) is 0 Å². The van der Waals surface area contributed by atoms with Crippen molar-refractivity contribution in [3.63, 3.8) is 0 Å². The highest BCUT2D eigenvalue weighted by Gasteiger charge is 2.11. The summed E-state index contributed by atoms with van der Waals surface area (Å²) >= 11 is 0. The molecule has 0 N–H and O–H groups in total. The fraction of sp³-hybridized carbons (Fsp3) is 0.588. The van der Waals surface area contributed by atoms with E-state index in [0.717, 1.165) is 6.54 Å². The van der Waals surface area contributed by atoms with Gasteiger partial charge in [0.25, 0.3) is 0 Å². The van der Waals surface area contributed by atoms with Crippen LogP contribution in [0, 0.1) is 0 Å². The third-order valence-electron chi connectivity index (χ3n) is 3.28. The van der Waals surface area contributed by atoms with E-state index in [-0.39, 0.29) is 0 Å². The first-order chi connectivity index (χ1) is 8.57. The van der Waals surface area contributed by atoms with E-state index >= 15 is 0 Å². The SMILES string of the molecule is CCCCN=Cc1c(C(C)C)cccc1C(C)C. The molecule has 0 bridgehead atoms. The molecular formula is C17H27N. The average molecular weight is 245 g/mol. The molecule has 1 nitrogen and oxygen atoms in total. The van der Waals surface area contributed by atoms with Crippen molar-refractivity contribution in [1.82, 2.24) is 0 Å². The monoisotopic (exact) mass is 245 g/mol. The molecule has 0 saturated carbocycles. The molecule has 1 aromatic rings. The quantitative estimate of drug-likeness (QED) is 0.485. The molecule has 18 heavy (non-hydrogen) atoms. The molecule has 1 heteroatoms. The number of hydrogen-bond acceptors (Lipinski definition) is 1. The van der Waals surface area contributed by atoms with Crippen molar-refractivity contribution in [1.29, 1.82) is 0 Å². The first-order valence-corrected chi connectivity index (χ1v) is 7.20. The van der Waals surface area contributed by atoms with E-state index in [1.54, 1.807) is 0 Å². The predicted molar refractivity (Wildman–Crippen MR) is 82.0 cm³/mol. The molecule has 100 valence electrons. The zero-order valence-electron chi connectivity index (χ0n) is 12.5. The van der Waals surface area contributed by atoms with Crippen LogP contribution in [0.4, 0.5) is 0 Å². The summed E-state index contributed by atoms with van der Waals surface area (Å²) in [6, 6.07) is 6.64. The Kier molecular flexibility index (Phi) is 6.11. The van der Waals surface area contributed by atoms with Gasteiger partial charge in [0.2, 0.25) is 0 Å². The first-order valence-electron chi connectivity index (χ1n) is 7.20. The molecule has 0 aliphatic carbocycles. The van der Waals surface area contributed by atoms with Crippen LogP contribution < -0.4 is 0 Å². The van der Waals surface area contributed by atoms with Gasteiger partial charge in [-0.2, -0.15) is 0 Å². The summed E-state index contributed by atoms with van der Waals surface area (Å²) in [6.45, 7) is 12.2. The van der Waals surface area contributed by atoms with Crippen LogP contribution in [-0.4, -0.2) is 12.8 Å². The normalized spacial score (nSPS) is 11.9. The summed E-state index contributed by atoms with van der Waals surface area (Å²) in [4.78, 5) is 4.59. The minimum absolute atomic E-state index is 0.552. The highest BCUT2D eigenvalue weighted by atomic mass is 14.7. The van der Waals surface area contributed by atoms with Crippen LogP contribution in [0.3, 0.4) is 0 Å². The molecule has 0 spiro atoms. The number of benzene rings is 1. The maximum Gasteiger partial charge on any atom is 0.0389 e. The third-order valence-corrected chi connectivity index (χ3v) is 3.28. The first kappa shape index (κ1) is 14.9. The van der Waals surface area contributed by atoms with Crippen molar-refractivity contribution in [2.75, 3.05) is 6.54 Å². The van der Waals surface area contributed by atoms with Gasteiger partial charge < -0.3 is 0 Å². The van der Waals surface area contributed by atoms with Crippen molar-refractivity contribution in [3.8, 4) is 0 Å². The lowest BCUT2D eigenvalue weighted by atomic mass is 9.89. The van der Waals surface area contributed by atoms with Crippen molar-refractivity contribution >= 4 is 6.21 Å². The number of hydrogen-bond donors (Lipinski definition) is 0. The minimum atomic E-state index is 0.552. The number of aliphatic imine (C=N–C) groups is 1. The molecule has 0 radical (unpaired) electrons. The maximum absolute atomic E-state index is 4.59. The van der Waals surface area contributed by atoms with Crippen molar-refractivity contribution in [3.05, 3.63) is 34.9 Å². The Morgan fingerprint density at radius 2 is 1.61 bits per heavy atom. The molecule has 0 aliphatic heterocycles. The molecule has 0 amide bonds. The summed E-state index contributed by atoms with van der Waals surface area (Å²) in [6.07, 6.45) is 4.48. The van der Waals surface area contributed by atoms with Crippen LogP contribution in [0.15, 0.2) is 23.2 Å². The molecule has 0 aliphatic rings. The Hall–Kier alpha value is -1.11. The number of rotatable bonds is 6. The lowest BCUT2D eigenvalue weighted by molar-refractivity contribution is 0.807. The van der Waals surface area contributed by atoms with Gasteiger partial charge in [-0.3, -0.25) is 4.99 Å². The molecule has 1 aromatic carbocycles. The molecule has 1 rings (SSSR count). The fourth-order valence-electron chi connectivity index (χ4n) is 2.16. The Labute approximate surface area is 112 Å². The van der Waals surface area contributed by atoms with Gasteiger partial charge in [-0.25, -0.2) is 0 Å². The molecule has 0 fully saturated rings. The van der Waals surface area contributed by atoms with E-state index in [9.17, 15) is 0 Å². The van der Waals surface area contributed by atoms with E-state index in [1.165, 1.54) is 29.5 Å². The lowest BCUT2D eigenvalue weighted by Gasteiger charge is -2.16. The Balaban J connectivity index is 3.07. The second-order valence-electron chi connectivity index (χ2n) is 5.55. The van der Waals surface area contributed by atoms with Gasteiger partial charge in [-0.15, -0.1) is 0 Å². The van der Waals surface area contributed by atoms with Gasteiger partial charge in [0.15, 0.2) is 0 Å². The molecule has 0 saturated heterocycles. The van der Waals surface area contributed by atoms with Gasteiger partial charge in [-0.1, -0.05) is 59.2 Å². The Morgan fingerprint density at radius 3 is 2.06 bits per heavy atom. The van der Waals surface area contributed by atoms with E-state index in [0.29, 0.717) is 11.8 Å². The maximum atomic E-state index is 4.59. The van der Waals surface area contributed by atoms with Gasteiger partial charge in [0.05, 0.1) is 0 Å². The van der Waals surface area contributed by atoms with Crippen LogP contribution in [-0.2, 0) is 0 Å². The van der Waals surface area contributed by atoms with Gasteiger partial charge in [-0.05, 0) is 34.9 Å². The molecule has 0 heterocycles. The van der Waals surface area contributed by atoms with E-state index in [1.807, 2.05) is 0 Å². The number of nitrogens with zero attached hydrogens (tertiary/aromatic N) is 1. The topological polar surface area (TPSA) is 12.4 Å². The van der Waals surface area contributed by atoms with Crippen molar-refractivity contribution in [2.24, 2.45) is 4.99 Å². The summed E-state index contributed by atoms with van der Waals surface area (Å²) < 4.78 is 0. The zero-order valence-corrected chi connectivity index (χ0v) is 12.5. The van der Waals surface area contributed by atoms with Gasteiger partial charge in [0, 0.05) is 12.8 Å². The largest absolute Gasteiger partial charge is 0.293 e. The average Bonchev–Trinajstić information content (AvgIpc) is 2.34. The number of unbranched alkanes of at least 4 members (excludes halogenated alkanes) is 1. The van der Waals surface area contributed by atoms with Gasteiger partial charge in [0.1, 0.15) is 0 Å². The Morgan fingerprint density at radius 1 is 1.06 bits per heavy atom. The van der Waals surface area contributed by atoms with Crippen LogP contribution in [0.5, 0.6) is 0 Å². The summed E-state index contributed by atoms with van der Waals surface area (Å²) in [7, 11) is 0. The van der Waals surface area contributed by atoms with Crippen LogP contribution in [0.25, 0.3) is 0 Å². The molecule has 0 aromatic heterocycles. The Bertz CT molecular complexity index is 362.